The van der Waals surface area contributed by atoms with Crippen LogP contribution in [0.4, 0.5) is 0 Å². The van der Waals surface area contributed by atoms with Crippen LogP contribution in [0.15, 0.2) is 5.16 Å². The molecule has 2 unspecified atom stereocenters. The molecule has 0 amide bonds. The fourth-order valence-corrected chi connectivity index (χ4v) is 2.47. The van der Waals surface area contributed by atoms with Crippen LogP contribution in [0.3, 0.4) is 0 Å². The number of esters is 1. The molecule has 1 aliphatic carbocycles. The van der Waals surface area contributed by atoms with Crippen LogP contribution in [0, 0.1) is 11.3 Å². The van der Waals surface area contributed by atoms with Gasteiger partial charge in [0.25, 0.3) is 0 Å². The van der Waals surface area contributed by atoms with E-state index < -0.39 is 28.0 Å². The third-order valence-corrected chi connectivity index (χ3v) is 4.25. The lowest BCUT2D eigenvalue weighted by molar-refractivity contribution is -0.156. The highest BCUT2D eigenvalue weighted by molar-refractivity contribution is 6.50. The number of ether oxygens (including phenoxy) is 1. The van der Waals surface area contributed by atoms with Crippen LogP contribution in [-0.4, -0.2) is 42.3 Å². The van der Waals surface area contributed by atoms with Gasteiger partial charge in [-0.2, -0.15) is 0 Å². The molecule has 0 saturated heterocycles. The van der Waals surface area contributed by atoms with E-state index in [9.17, 15) is 14.4 Å². The number of methoxy groups -OCH3 is 1. The number of hydrogen-bond acceptors (Lipinski definition) is 6. The van der Waals surface area contributed by atoms with Gasteiger partial charge >= 0.3 is 5.97 Å². The lowest BCUT2D eigenvalue weighted by Crippen LogP contribution is -2.61. The highest BCUT2D eigenvalue weighted by Crippen LogP contribution is 2.47. The van der Waals surface area contributed by atoms with Gasteiger partial charge in [0.15, 0.2) is 5.78 Å². The number of halogens is 1. The number of ketones is 2. The van der Waals surface area contributed by atoms with E-state index in [1.165, 1.54) is 0 Å². The Morgan fingerprint density at radius 2 is 2.10 bits per heavy atom. The van der Waals surface area contributed by atoms with Crippen LogP contribution in [-0.2, 0) is 24.0 Å². The average Bonchev–Trinajstić information content (AvgIpc) is 2.38. The molecule has 2 atom stereocenters. The summed E-state index contributed by atoms with van der Waals surface area (Å²) in [5.41, 5.74) is -1.04. The smallest absolute Gasteiger partial charge is 0.335 e. The highest BCUT2D eigenvalue weighted by atomic mass is 35.5. The van der Waals surface area contributed by atoms with Gasteiger partial charge in [-0.25, -0.2) is 4.79 Å². The molecule has 1 fully saturated rings. The molecule has 0 aromatic rings. The van der Waals surface area contributed by atoms with E-state index in [0.717, 1.165) is 13.3 Å². The molecule has 0 aliphatic heterocycles. The van der Waals surface area contributed by atoms with E-state index >= 15 is 0 Å². The zero-order chi connectivity index (χ0) is 15.6. The van der Waals surface area contributed by atoms with E-state index in [4.69, 9.17) is 16.4 Å². The molecule has 0 N–H and O–H groups in total. The summed E-state index contributed by atoms with van der Waals surface area (Å²) in [4.78, 5) is 39.3. The van der Waals surface area contributed by atoms with Gasteiger partial charge in [0.1, 0.15) is 18.3 Å². The highest BCUT2D eigenvalue weighted by Gasteiger charge is 2.63. The minimum absolute atomic E-state index is 0.0276. The fourth-order valence-electron chi connectivity index (χ4n) is 2.21. The molecule has 1 saturated carbocycles. The van der Waals surface area contributed by atoms with Gasteiger partial charge in [-0.05, 0) is 6.92 Å². The first-order valence-corrected chi connectivity index (χ1v) is 6.60. The number of carbonyl (C=O) groups excluding carboxylic acids is 3. The zero-order valence-corrected chi connectivity index (χ0v) is 12.7. The summed E-state index contributed by atoms with van der Waals surface area (Å²) in [5, 5.41) is 3.54. The molecule has 112 valence electrons. The minimum Gasteiger partial charge on any atom is -0.467 e. The Bertz CT molecular complexity index is 460. The molecule has 0 radical (unpaired) electrons. The van der Waals surface area contributed by atoms with Crippen LogP contribution in [0.25, 0.3) is 0 Å². The molecule has 0 aromatic carbocycles. The normalized spacial score (nSPS) is 29.6. The first kappa shape index (κ1) is 16.6. The Morgan fingerprint density at radius 1 is 1.50 bits per heavy atom. The molecule has 0 spiro atoms. The van der Waals surface area contributed by atoms with Crippen molar-refractivity contribution in [1.82, 2.24) is 0 Å². The van der Waals surface area contributed by atoms with Gasteiger partial charge < -0.3 is 9.57 Å². The summed E-state index contributed by atoms with van der Waals surface area (Å²) in [6.45, 7) is 5.19. The number of Topliss-reactive ketones (excluding diaryl/α,β-unsaturated/α-hetero) is 2. The molecule has 20 heavy (non-hydrogen) atoms. The van der Waals surface area contributed by atoms with E-state index in [2.05, 4.69) is 9.89 Å². The number of alkyl halides is 1. The Morgan fingerprint density at radius 3 is 2.60 bits per heavy atom. The van der Waals surface area contributed by atoms with Gasteiger partial charge in [-0.3, -0.25) is 9.59 Å². The maximum atomic E-state index is 12.5. The van der Waals surface area contributed by atoms with Crippen LogP contribution in [0.2, 0.25) is 0 Å². The summed E-state index contributed by atoms with van der Waals surface area (Å²) in [6.07, 6.45) is 1.06. The molecule has 1 rings (SSSR count). The van der Waals surface area contributed by atoms with Crippen molar-refractivity contribution in [3.8, 4) is 0 Å². The Hall–Kier alpha value is -1.43. The first-order valence-electron chi connectivity index (χ1n) is 6.22. The van der Waals surface area contributed by atoms with Crippen molar-refractivity contribution in [3.05, 3.63) is 0 Å². The summed E-state index contributed by atoms with van der Waals surface area (Å²) >= 11 is 6.26. The standard InChI is InChI=1S/C13H18ClNO5/c1-5-20-15-7-8-9(16)6-12(2,3)13(14,10(8)17)11(18)19-4/h7-8H,5-6H2,1-4H3. The molecular weight excluding hydrogens is 286 g/mol. The maximum Gasteiger partial charge on any atom is 0.335 e. The largest absolute Gasteiger partial charge is 0.467 e. The van der Waals surface area contributed by atoms with Gasteiger partial charge in [0.05, 0.1) is 13.3 Å². The zero-order valence-electron chi connectivity index (χ0n) is 11.9. The first-order chi connectivity index (χ1) is 9.22. The quantitative estimate of drug-likeness (QED) is 0.257. The number of oxime groups is 1. The third-order valence-electron chi connectivity index (χ3n) is 3.40. The molecule has 0 heterocycles. The van der Waals surface area contributed by atoms with Crippen molar-refractivity contribution < 1.29 is 24.0 Å². The summed E-state index contributed by atoms with van der Waals surface area (Å²) in [6, 6.07) is 0. The number of rotatable bonds is 4. The second-order valence-electron chi connectivity index (χ2n) is 5.19. The minimum atomic E-state index is -1.90. The second-order valence-corrected chi connectivity index (χ2v) is 5.76. The van der Waals surface area contributed by atoms with E-state index in [-0.39, 0.29) is 12.2 Å². The Kier molecular flexibility index (Phi) is 4.91. The fraction of sp³-hybridized carbons (Fsp3) is 0.692. The summed E-state index contributed by atoms with van der Waals surface area (Å²) in [7, 11) is 1.15. The summed E-state index contributed by atoms with van der Waals surface area (Å²) in [5.74, 6) is -3.12. The van der Waals surface area contributed by atoms with E-state index in [0.29, 0.717) is 6.61 Å². The van der Waals surface area contributed by atoms with Crippen LogP contribution < -0.4 is 0 Å². The predicted octanol–water partition coefficient (Wildman–Crippen LogP) is 1.34. The van der Waals surface area contributed by atoms with Crippen molar-refractivity contribution >= 4 is 35.4 Å². The van der Waals surface area contributed by atoms with Crippen molar-refractivity contribution in [2.75, 3.05) is 13.7 Å². The lowest BCUT2D eigenvalue weighted by Gasteiger charge is -2.43. The van der Waals surface area contributed by atoms with Crippen molar-refractivity contribution in [2.45, 2.75) is 32.1 Å². The van der Waals surface area contributed by atoms with Crippen molar-refractivity contribution in [2.24, 2.45) is 16.5 Å². The second kappa shape index (κ2) is 5.91. The molecule has 7 heteroatoms. The maximum absolute atomic E-state index is 12.5. The Labute approximate surface area is 122 Å². The van der Waals surface area contributed by atoms with Crippen molar-refractivity contribution in [3.63, 3.8) is 0 Å². The van der Waals surface area contributed by atoms with Crippen LogP contribution in [0.5, 0.6) is 0 Å². The van der Waals surface area contributed by atoms with Gasteiger partial charge in [0.2, 0.25) is 4.87 Å². The van der Waals surface area contributed by atoms with Crippen LogP contribution >= 0.6 is 11.6 Å². The van der Waals surface area contributed by atoms with Crippen LogP contribution in [0.1, 0.15) is 27.2 Å². The molecule has 6 nitrogen and oxygen atoms in total. The van der Waals surface area contributed by atoms with Crippen molar-refractivity contribution in [1.29, 1.82) is 0 Å². The third kappa shape index (κ3) is 2.57. The number of hydrogen-bond donors (Lipinski definition) is 0. The van der Waals surface area contributed by atoms with Gasteiger partial charge in [0, 0.05) is 11.8 Å². The average molecular weight is 304 g/mol. The Balaban J connectivity index is 3.19. The number of nitrogens with zero attached hydrogens (tertiary/aromatic N) is 1. The van der Waals surface area contributed by atoms with E-state index in [1.54, 1.807) is 20.8 Å². The SMILES string of the molecule is CCON=CC1C(=O)CC(C)(C)C(Cl)(C(=O)OC)C1=O. The van der Waals surface area contributed by atoms with Gasteiger partial charge in [-0.1, -0.05) is 30.6 Å². The molecule has 0 aromatic heterocycles. The monoisotopic (exact) mass is 303 g/mol. The van der Waals surface area contributed by atoms with Gasteiger partial charge in [-0.15, -0.1) is 0 Å². The molecular formula is C13H18ClNO5. The summed E-state index contributed by atoms with van der Waals surface area (Å²) < 4.78 is 4.63. The lowest BCUT2D eigenvalue weighted by atomic mass is 9.63. The molecule has 0 bridgehead atoms. The molecule has 1 aliphatic rings. The topological polar surface area (TPSA) is 82.0 Å². The van der Waals surface area contributed by atoms with E-state index in [1.807, 2.05) is 0 Å². The number of carbonyl (C=O) groups is 3. The predicted molar refractivity (Wildman–Crippen MR) is 72.6 cm³/mol.